The average Bonchev–Trinajstić information content (AvgIpc) is 3.40. The Hall–Kier alpha value is -2.47. The zero-order valence-electron chi connectivity index (χ0n) is 13.6. The van der Waals surface area contributed by atoms with Crippen LogP contribution in [0.2, 0.25) is 0 Å². The van der Waals surface area contributed by atoms with Crippen LogP contribution in [-0.2, 0) is 0 Å². The molecule has 1 saturated carbocycles. The summed E-state index contributed by atoms with van der Waals surface area (Å²) in [5.74, 6) is 0.497. The van der Waals surface area contributed by atoms with Crippen LogP contribution in [0.1, 0.15) is 58.5 Å². The van der Waals surface area contributed by atoms with Crippen LogP contribution < -0.4 is 10.9 Å². The number of aliphatic hydroxyl groups is 1. The number of carbonyl (C=O) groups excluding carboxylic acids is 1. The zero-order valence-corrected chi connectivity index (χ0v) is 13.6. The number of aromatic amines is 1. The van der Waals surface area contributed by atoms with E-state index in [1.807, 2.05) is 31.2 Å². The van der Waals surface area contributed by atoms with E-state index in [1.54, 1.807) is 0 Å². The third-order valence-corrected chi connectivity index (χ3v) is 4.23. The monoisotopic (exact) mass is 327 g/mol. The molecule has 1 fully saturated rings. The molecule has 1 amide bonds. The van der Waals surface area contributed by atoms with Crippen LogP contribution >= 0.6 is 0 Å². The molecule has 6 nitrogen and oxygen atoms in total. The van der Waals surface area contributed by atoms with Gasteiger partial charge in [-0.05, 0) is 31.7 Å². The van der Waals surface area contributed by atoms with Gasteiger partial charge in [-0.25, -0.2) is 4.98 Å². The normalized spacial score (nSPS) is 15.1. The fraction of sp³-hybridized carbons (Fsp3) is 0.389. The molecule has 0 aliphatic heterocycles. The van der Waals surface area contributed by atoms with Crippen LogP contribution in [0.15, 0.2) is 35.3 Å². The summed E-state index contributed by atoms with van der Waals surface area (Å²) >= 11 is 0. The van der Waals surface area contributed by atoms with Gasteiger partial charge in [0, 0.05) is 18.7 Å². The van der Waals surface area contributed by atoms with Crippen LogP contribution in [0.5, 0.6) is 0 Å². The van der Waals surface area contributed by atoms with Gasteiger partial charge in [0.25, 0.3) is 11.5 Å². The summed E-state index contributed by atoms with van der Waals surface area (Å²) < 4.78 is 0. The van der Waals surface area contributed by atoms with Crippen LogP contribution in [0, 0.1) is 6.92 Å². The summed E-state index contributed by atoms with van der Waals surface area (Å²) in [7, 11) is 0. The van der Waals surface area contributed by atoms with Gasteiger partial charge in [-0.3, -0.25) is 9.59 Å². The molecule has 0 radical (unpaired) electrons. The van der Waals surface area contributed by atoms with Crippen molar-refractivity contribution in [1.82, 2.24) is 15.3 Å². The summed E-state index contributed by atoms with van der Waals surface area (Å²) in [5.41, 5.74) is 1.58. The van der Waals surface area contributed by atoms with Gasteiger partial charge in [0.05, 0.1) is 6.04 Å². The summed E-state index contributed by atoms with van der Waals surface area (Å²) in [6.45, 7) is 1.92. The van der Waals surface area contributed by atoms with E-state index in [-0.39, 0.29) is 18.2 Å². The largest absolute Gasteiger partial charge is 0.396 e. The highest BCUT2D eigenvalue weighted by Crippen LogP contribution is 2.37. The molecule has 0 bridgehead atoms. The fourth-order valence-electron chi connectivity index (χ4n) is 2.62. The number of hydrogen-bond donors (Lipinski definition) is 3. The average molecular weight is 327 g/mol. The third kappa shape index (κ3) is 3.71. The van der Waals surface area contributed by atoms with Crippen LogP contribution in [-0.4, -0.2) is 27.6 Å². The first-order valence-corrected chi connectivity index (χ1v) is 8.16. The van der Waals surface area contributed by atoms with Crippen LogP contribution in [0.4, 0.5) is 0 Å². The highest BCUT2D eigenvalue weighted by atomic mass is 16.3. The van der Waals surface area contributed by atoms with Crippen molar-refractivity contribution in [2.24, 2.45) is 0 Å². The predicted molar refractivity (Wildman–Crippen MR) is 89.9 cm³/mol. The molecule has 2 aromatic rings. The highest BCUT2D eigenvalue weighted by Gasteiger charge is 2.27. The Bertz CT molecular complexity index is 779. The topological polar surface area (TPSA) is 95.1 Å². The SMILES string of the molecule is Cc1ccc([C@H](CCO)NC(=O)c2cnc(C3CC3)[nH]c2=O)cc1. The minimum Gasteiger partial charge on any atom is -0.396 e. The fourth-order valence-corrected chi connectivity index (χ4v) is 2.62. The van der Waals surface area contributed by atoms with Gasteiger partial charge in [0.15, 0.2) is 0 Å². The van der Waals surface area contributed by atoms with Gasteiger partial charge in [-0.1, -0.05) is 29.8 Å². The second-order valence-corrected chi connectivity index (χ2v) is 6.23. The van der Waals surface area contributed by atoms with E-state index >= 15 is 0 Å². The lowest BCUT2D eigenvalue weighted by atomic mass is 10.0. The summed E-state index contributed by atoms with van der Waals surface area (Å²) in [6.07, 6.45) is 3.77. The molecule has 0 saturated heterocycles. The van der Waals surface area contributed by atoms with E-state index in [2.05, 4.69) is 15.3 Å². The number of aryl methyl sites for hydroxylation is 1. The maximum Gasteiger partial charge on any atom is 0.263 e. The lowest BCUT2D eigenvalue weighted by Gasteiger charge is -2.18. The van der Waals surface area contributed by atoms with Gasteiger partial charge in [0.1, 0.15) is 11.4 Å². The number of aromatic nitrogens is 2. The second kappa shape index (κ2) is 6.97. The minimum atomic E-state index is -0.481. The molecule has 1 atom stereocenters. The molecule has 1 aliphatic carbocycles. The Balaban J connectivity index is 1.78. The maximum absolute atomic E-state index is 12.4. The van der Waals surface area contributed by atoms with Crippen molar-refractivity contribution >= 4 is 5.91 Å². The van der Waals surface area contributed by atoms with E-state index in [4.69, 9.17) is 0 Å². The summed E-state index contributed by atoms with van der Waals surface area (Å²) in [6, 6.07) is 7.36. The lowest BCUT2D eigenvalue weighted by Crippen LogP contribution is -2.33. The Kier molecular flexibility index (Phi) is 4.76. The second-order valence-electron chi connectivity index (χ2n) is 6.23. The van der Waals surface area contributed by atoms with Crippen LogP contribution in [0.25, 0.3) is 0 Å². The van der Waals surface area contributed by atoms with Crippen molar-refractivity contribution in [2.45, 2.75) is 38.1 Å². The smallest absolute Gasteiger partial charge is 0.263 e. The lowest BCUT2D eigenvalue weighted by molar-refractivity contribution is 0.0928. The molecule has 1 aromatic heterocycles. The Morgan fingerprint density at radius 2 is 2.08 bits per heavy atom. The van der Waals surface area contributed by atoms with E-state index in [0.29, 0.717) is 18.2 Å². The molecule has 0 unspecified atom stereocenters. The number of carbonyl (C=O) groups is 1. The molecule has 0 spiro atoms. The first kappa shape index (κ1) is 16.4. The van der Waals surface area contributed by atoms with Gasteiger partial charge >= 0.3 is 0 Å². The first-order valence-electron chi connectivity index (χ1n) is 8.16. The van der Waals surface area contributed by atoms with Crippen molar-refractivity contribution in [3.8, 4) is 0 Å². The molecule has 1 aliphatic rings. The van der Waals surface area contributed by atoms with E-state index in [0.717, 1.165) is 24.0 Å². The van der Waals surface area contributed by atoms with Crippen LogP contribution in [0.3, 0.4) is 0 Å². The minimum absolute atomic E-state index is 0.00514. The summed E-state index contributed by atoms with van der Waals surface area (Å²) in [5, 5.41) is 12.1. The number of H-pyrrole nitrogens is 1. The molecule has 3 rings (SSSR count). The number of hydrogen-bond acceptors (Lipinski definition) is 4. The molecule has 126 valence electrons. The van der Waals surface area contributed by atoms with E-state index in [1.165, 1.54) is 6.20 Å². The van der Waals surface area contributed by atoms with Crippen molar-refractivity contribution in [3.63, 3.8) is 0 Å². The van der Waals surface area contributed by atoms with Gasteiger partial charge in [-0.15, -0.1) is 0 Å². The zero-order chi connectivity index (χ0) is 17.1. The first-order chi connectivity index (χ1) is 11.6. The Labute approximate surface area is 140 Å². The molecular weight excluding hydrogens is 306 g/mol. The molecule has 24 heavy (non-hydrogen) atoms. The maximum atomic E-state index is 12.4. The van der Waals surface area contributed by atoms with Gasteiger partial charge in [0.2, 0.25) is 0 Å². The molecule has 1 heterocycles. The quantitative estimate of drug-likeness (QED) is 0.754. The van der Waals surface area contributed by atoms with Crippen molar-refractivity contribution in [1.29, 1.82) is 0 Å². The van der Waals surface area contributed by atoms with Crippen molar-refractivity contribution in [2.75, 3.05) is 6.61 Å². The summed E-state index contributed by atoms with van der Waals surface area (Å²) in [4.78, 5) is 31.5. The van der Waals surface area contributed by atoms with Gasteiger partial charge in [-0.2, -0.15) is 0 Å². The van der Waals surface area contributed by atoms with Gasteiger partial charge < -0.3 is 15.4 Å². The molecule has 3 N–H and O–H groups in total. The number of nitrogens with one attached hydrogen (secondary N) is 2. The molecule has 6 heteroatoms. The third-order valence-electron chi connectivity index (χ3n) is 4.23. The van der Waals surface area contributed by atoms with E-state index < -0.39 is 11.5 Å². The molecule has 1 aromatic carbocycles. The highest BCUT2D eigenvalue weighted by molar-refractivity contribution is 5.93. The number of amides is 1. The molecular formula is C18H21N3O3. The number of nitrogens with zero attached hydrogens (tertiary/aromatic N) is 1. The Morgan fingerprint density at radius 1 is 1.38 bits per heavy atom. The van der Waals surface area contributed by atoms with E-state index in [9.17, 15) is 14.7 Å². The standard InChI is InChI=1S/C18H21N3O3/c1-11-2-4-12(5-3-11)15(8-9-22)20-17(23)14-10-19-16(13-6-7-13)21-18(14)24/h2-5,10,13,15,22H,6-9H2,1H3,(H,20,23)(H,19,21,24)/t15-/m0/s1. The number of aliphatic hydroxyl groups excluding tert-OH is 1. The predicted octanol–water partition coefficient (Wildman–Crippen LogP) is 1.81. The van der Waals surface area contributed by atoms with Crippen molar-refractivity contribution in [3.05, 3.63) is 63.3 Å². The Morgan fingerprint density at radius 3 is 2.67 bits per heavy atom. The number of rotatable bonds is 6. The van der Waals surface area contributed by atoms with Crippen molar-refractivity contribution < 1.29 is 9.90 Å². The number of benzene rings is 1.